The van der Waals surface area contributed by atoms with Gasteiger partial charge in [-0.1, -0.05) is 39.0 Å². The molecule has 7 heteroatoms. The quantitative estimate of drug-likeness (QED) is 0.668. The molecule has 0 aromatic heterocycles. The summed E-state index contributed by atoms with van der Waals surface area (Å²) in [6.07, 6.45) is 2.66. The Kier molecular flexibility index (Phi) is 7.67. The number of anilines is 2. The SMILES string of the molecule is CCc1cccc(CC)c1NC(=O)C(CC)Oc1ccc(N(C)S(C)(=O)=O)cc1. The van der Waals surface area contributed by atoms with E-state index in [0.29, 0.717) is 17.9 Å². The average Bonchev–Trinajstić information content (AvgIpc) is 2.71. The molecule has 1 atom stereocenters. The van der Waals surface area contributed by atoms with Crippen LogP contribution >= 0.6 is 0 Å². The monoisotopic (exact) mass is 418 g/mol. The molecule has 0 aliphatic heterocycles. The summed E-state index contributed by atoms with van der Waals surface area (Å²) >= 11 is 0. The Balaban J connectivity index is 2.15. The first kappa shape index (κ1) is 22.7. The molecule has 0 fully saturated rings. The molecule has 0 radical (unpaired) electrons. The molecule has 1 amide bonds. The van der Waals surface area contributed by atoms with Gasteiger partial charge in [-0.3, -0.25) is 9.10 Å². The van der Waals surface area contributed by atoms with Gasteiger partial charge in [0.2, 0.25) is 10.0 Å². The number of para-hydroxylation sites is 1. The smallest absolute Gasteiger partial charge is 0.265 e. The van der Waals surface area contributed by atoms with Crippen LogP contribution in [0.3, 0.4) is 0 Å². The predicted octanol–water partition coefficient (Wildman–Crippen LogP) is 4.00. The van der Waals surface area contributed by atoms with Crippen LogP contribution < -0.4 is 14.4 Å². The summed E-state index contributed by atoms with van der Waals surface area (Å²) in [5.41, 5.74) is 3.60. The highest BCUT2D eigenvalue weighted by molar-refractivity contribution is 7.92. The van der Waals surface area contributed by atoms with Crippen LogP contribution in [0, 0.1) is 0 Å². The van der Waals surface area contributed by atoms with Gasteiger partial charge < -0.3 is 10.1 Å². The van der Waals surface area contributed by atoms with Crippen LogP contribution in [0.15, 0.2) is 42.5 Å². The van der Waals surface area contributed by atoms with E-state index in [2.05, 4.69) is 19.2 Å². The molecule has 6 nitrogen and oxygen atoms in total. The normalized spacial score (nSPS) is 12.3. The lowest BCUT2D eigenvalue weighted by molar-refractivity contribution is -0.122. The van der Waals surface area contributed by atoms with Crippen molar-refractivity contribution in [3.05, 3.63) is 53.6 Å². The summed E-state index contributed by atoms with van der Waals surface area (Å²) < 4.78 is 30.4. The molecule has 0 heterocycles. The van der Waals surface area contributed by atoms with E-state index in [1.54, 1.807) is 24.3 Å². The van der Waals surface area contributed by atoms with E-state index in [1.165, 1.54) is 11.4 Å². The van der Waals surface area contributed by atoms with E-state index in [0.717, 1.165) is 35.9 Å². The molecule has 0 aliphatic rings. The number of amides is 1. The Labute approximate surface area is 173 Å². The van der Waals surface area contributed by atoms with Crippen LogP contribution in [0.25, 0.3) is 0 Å². The van der Waals surface area contributed by atoms with Crippen molar-refractivity contribution in [2.24, 2.45) is 0 Å². The third-order valence-corrected chi connectivity index (χ3v) is 6.09. The van der Waals surface area contributed by atoms with Crippen LogP contribution in [0.4, 0.5) is 11.4 Å². The van der Waals surface area contributed by atoms with Gasteiger partial charge in [0.05, 0.1) is 11.9 Å². The number of benzene rings is 2. The third kappa shape index (κ3) is 5.73. The van der Waals surface area contributed by atoms with Crippen molar-refractivity contribution in [1.82, 2.24) is 0 Å². The van der Waals surface area contributed by atoms with Gasteiger partial charge in [-0.05, 0) is 54.7 Å². The second kappa shape index (κ2) is 9.78. The number of sulfonamides is 1. The molecule has 0 saturated heterocycles. The fourth-order valence-electron chi connectivity index (χ4n) is 3.02. The summed E-state index contributed by atoms with van der Waals surface area (Å²) in [7, 11) is -1.84. The number of nitrogens with zero attached hydrogens (tertiary/aromatic N) is 1. The number of rotatable bonds is 9. The van der Waals surface area contributed by atoms with Gasteiger partial charge in [0.1, 0.15) is 5.75 Å². The molecule has 2 aromatic carbocycles. The fraction of sp³-hybridized carbons (Fsp3) is 0.409. The number of hydrogen-bond donors (Lipinski definition) is 1. The van der Waals surface area contributed by atoms with Crippen LogP contribution in [0.2, 0.25) is 0 Å². The van der Waals surface area contributed by atoms with Crippen LogP contribution in [0.1, 0.15) is 38.3 Å². The number of ether oxygens (including phenoxy) is 1. The molecule has 0 aliphatic carbocycles. The molecule has 0 spiro atoms. The zero-order valence-corrected chi connectivity index (χ0v) is 18.5. The first-order chi connectivity index (χ1) is 13.7. The molecule has 158 valence electrons. The highest BCUT2D eigenvalue weighted by atomic mass is 32.2. The van der Waals surface area contributed by atoms with E-state index in [1.807, 2.05) is 25.1 Å². The lowest BCUT2D eigenvalue weighted by atomic mass is 10.0. The van der Waals surface area contributed by atoms with E-state index in [-0.39, 0.29) is 5.91 Å². The van der Waals surface area contributed by atoms with Crippen LogP contribution in [0.5, 0.6) is 5.75 Å². The molecule has 0 saturated carbocycles. The van der Waals surface area contributed by atoms with Crippen molar-refractivity contribution in [2.75, 3.05) is 22.9 Å². The lowest BCUT2D eigenvalue weighted by Gasteiger charge is -2.21. The maximum absolute atomic E-state index is 12.9. The summed E-state index contributed by atoms with van der Waals surface area (Å²) in [5.74, 6) is 0.317. The van der Waals surface area contributed by atoms with Crippen molar-refractivity contribution in [2.45, 2.75) is 46.1 Å². The van der Waals surface area contributed by atoms with E-state index in [9.17, 15) is 13.2 Å². The highest BCUT2D eigenvalue weighted by Gasteiger charge is 2.21. The minimum Gasteiger partial charge on any atom is -0.481 e. The standard InChI is InChI=1S/C22H30N2O4S/c1-6-16-10-9-11-17(7-2)21(16)23-22(25)20(8-3)28-19-14-12-18(13-15-19)24(4)29(5,26)27/h9-15,20H,6-8H2,1-5H3,(H,23,25). The molecule has 1 unspecified atom stereocenters. The van der Waals surface area contributed by atoms with E-state index >= 15 is 0 Å². The van der Waals surface area contributed by atoms with Crippen LogP contribution in [-0.2, 0) is 27.7 Å². The summed E-state index contributed by atoms with van der Waals surface area (Å²) in [6, 6.07) is 12.7. The Bertz CT molecular complexity index is 918. The highest BCUT2D eigenvalue weighted by Crippen LogP contribution is 2.25. The minimum atomic E-state index is -3.33. The molecule has 1 N–H and O–H groups in total. The minimum absolute atomic E-state index is 0.194. The van der Waals surface area contributed by atoms with Crippen molar-refractivity contribution < 1.29 is 17.9 Å². The zero-order valence-electron chi connectivity index (χ0n) is 17.7. The van der Waals surface area contributed by atoms with Crippen molar-refractivity contribution in [3.63, 3.8) is 0 Å². The Hall–Kier alpha value is -2.54. The summed E-state index contributed by atoms with van der Waals surface area (Å²) in [4.78, 5) is 12.9. The van der Waals surface area contributed by atoms with Gasteiger partial charge in [0, 0.05) is 12.7 Å². The van der Waals surface area contributed by atoms with Crippen molar-refractivity contribution in [1.29, 1.82) is 0 Å². The van der Waals surface area contributed by atoms with Gasteiger partial charge in [-0.15, -0.1) is 0 Å². The first-order valence-electron chi connectivity index (χ1n) is 9.83. The molecular weight excluding hydrogens is 388 g/mol. The third-order valence-electron chi connectivity index (χ3n) is 4.89. The van der Waals surface area contributed by atoms with Crippen LogP contribution in [-0.4, -0.2) is 33.7 Å². The second-order valence-electron chi connectivity index (χ2n) is 6.89. The van der Waals surface area contributed by atoms with E-state index < -0.39 is 16.1 Å². The molecule has 0 bridgehead atoms. The summed E-state index contributed by atoms with van der Waals surface area (Å²) in [6.45, 7) is 6.02. The number of aryl methyl sites for hydroxylation is 2. The number of nitrogens with one attached hydrogen (secondary N) is 1. The number of carbonyl (C=O) groups is 1. The molecule has 29 heavy (non-hydrogen) atoms. The van der Waals surface area contributed by atoms with Gasteiger partial charge >= 0.3 is 0 Å². The topological polar surface area (TPSA) is 75.7 Å². The maximum Gasteiger partial charge on any atom is 0.265 e. The Morgan fingerprint density at radius 2 is 1.59 bits per heavy atom. The predicted molar refractivity (Wildman–Crippen MR) is 118 cm³/mol. The molecule has 2 rings (SSSR count). The zero-order chi connectivity index (χ0) is 21.6. The number of hydrogen-bond acceptors (Lipinski definition) is 4. The lowest BCUT2D eigenvalue weighted by Crippen LogP contribution is -2.33. The van der Waals surface area contributed by atoms with Crippen molar-refractivity contribution >= 4 is 27.3 Å². The van der Waals surface area contributed by atoms with Gasteiger partial charge in [0.25, 0.3) is 5.91 Å². The van der Waals surface area contributed by atoms with Crippen molar-refractivity contribution in [3.8, 4) is 5.75 Å². The number of carbonyl (C=O) groups excluding carboxylic acids is 1. The first-order valence-corrected chi connectivity index (χ1v) is 11.7. The largest absolute Gasteiger partial charge is 0.481 e. The van der Waals surface area contributed by atoms with Gasteiger partial charge in [0.15, 0.2) is 6.10 Å². The second-order valence-corrected chi connectivity index (χ2v) is 8.90. The average molecular weight is 419 g/mol. The molecular formula is C22H30N2O4S. The Morgan fingerprint density at radius 1 is 1.03 bits per heavy atom. The fourth-order valence-corrected chi connectivity index (χ4v) is 3.52. The maximum atomic E-state index is 12.9. The van der Waals surface area contributed by atoms with Gasteiger partial charge in [-0.2, -0.15) is 0 Å². The Morgan fingerprint density at radius 3 is 2.03 bits per heavy atom. The molecule has 2 aromatic rings. The summed E-state index contributed by atoms with van der Waals surface area (Å²) in [5, 5.41) is 3.05. The van der Waals surface area contributed by atoms with E-state index in [4.69, 9.17) is 4.74 Å². The van der Waals surface area contributed by atoms with Gasteiger partial charge in [-0.25, -0.2) is 8.42 Å².